The minimum atomic E-state index is -0.0147. The molecule has 2 aliphatic rings. The number of hydrogen-bond donors (Lipinski definition) is 1. The van der Waals surface area contributed by atoms with Crippen molar-refractivity contribution < 1.29 is 9.53 Å². The van der Waals surface area contributed by atoms with Crippen LogP contribution in [0, 0.1) is 0 Å². The van der Waals surface area contributed by atoms with Crippen molar-refractivity contribution in [3.05, 3.63) is 36.0 Å². The Bertz CT molecular complexity index is 788. The standard InChI is InChI=1S/C20H26N4O2/c1-2-15-13-19(17-5-3-4-6-18(17)21-15)22-20(25)24-8-7-16(14-24)23-9-11-26-12-10-23/h3-6,13,16H,2,7-12,14H2,1H3,(H,21,22,25). The fourth-order valence-corrected chi connectivity index (χ4v) is 3.88. The number of morpholine rings is 1. The molecule has 2 aliphatic heterocycles. The fourth-order valence-electron chi connectivity index (χ4n) is 3.88. The number of para-hydroxylation sites is 1. The van der Waals surface area contributed by atoms with E-state index in [1.807, 2.05) is 35.2 Å². The van der Waals surface area contributed by atoms with Crippen molar-refractivity contribution in [1.82, 2.24) is 14.8 Å². The molecule has 2 fully saturated rings. The van der Waals surface area contributed by atoms with E-state index in [-0.39, 0.29) is 6.03 Å². The predicted molar refractivity (Wildman–Crippen MR) is 103 cm³/mol. The molecule has 0 radical (unpaired) electrons. The topological polar surface area (TPSA) is 57.7 Å². The third kappa shape index (κ3) is 3.52. The number of urea groups is 1. The molecule has 1 aromatic heterocycles. The highest BCUT2D eigenvalue weighted by atomic mass is 16.5. The molecular weight excluding hydrogens is 328 g/mol. The Morgan fingerprint density at radius 2 is 2.08 bits per heavy atom. The van der Waals surface area contributed by atoms with Crippen LogP contribution in [0.2, 0.25) is 0 Å². The molecule has 1 atom stereocenters. The number of carbonyl (C=O) groups is 1. The number of pyridine rings is 1. The summed E-state index contributed by atoms with van der Waals surface area (Å²) < 4.78 is 5.43. The zero-order valence-corrected chi connectivity index (χ0v) is 15.3. The molecule has 26 heavy (non-hydrogen) atoms. The SMILES string of the molecule is CCc1cc(NC(=O)N2CCC(N3CCOCC3)C2)c2ccccc2n1. The van der Waals surface area contributed by atoms with Gasteiger partial charge in [0.2, 0.25) is 0 Å². The molecule has 0 aliphatic carbocycles. The molecule has 2 aromatic rings. The van der Waals surface area contributed by atoms with Gasteiger partial charge in [0, 0.05) is 43.3 Å². The maximum Gasteiger partial charge on any atom is 0.321 e. The number of aryl methyl sites for hydroxylation is 1. The van der Waals surface area contributed by atoms with Crippen molar-refractivity contribution in [3.8, 4) is 0 Å². The van der Waals surface area contributed by atoms with Crippen LogP contribution in [0.5, 0.6) is 0 Å². The summed E-state index contributed by atoms with van der Waals surface area (Å²) in [6.45, 7) is 7.20. The number of amides is 2. The van der Waals surface area contributed by atoms with E-state index in [0.29, 0.717) is 6.04 Å². The van der Waals surface area contributed by atoms with Crippen molar-refractivity contribution in [2.75, 3.05) is 44.7 Å². The molecule has 0 saturated carbocycles. The fraction of sp³-hybridized carbons (Fsp3) is 0.500. The molecule has 6 heteroatoms. The average molecular weight is 354 g/mol. The number of nitrogens with zero attached hydrogens (tertiary/aromatic N) is 3. The molecule has 0 bridgehead atoms. The maximum atomic E-state index is 12.8. The predicted octanol–water partition coefficient (Wildman–Crippen LogP) is 2.74. The van der Waals surface area contributed by atoms with Crippen molar-refractivity contribution in [1.29, 1.82) is 0 Å². The van der Waals surface area contributed by atoms with Crippen molar-refractivity contribution in [2.45, 2.75) is 25.8 Å². The number of carbonyl (C=O) groups excluding carboxylic acids is 1. The van der Waals surface area contributed by atoms with E-state index in [1.165, 1.54) is 0 Å². The number of fused-ring (bicyclic) bond motifs is 1. The van der Waals surface area contributed by atoms with Gasteiger partial charge in [-0.2, -0.15) is 0 Å². The zero-order chi connectivity index (χ0) is 17.9. The molecule has 1 N–H and O–H groups in total. The number of aromatic nitrogens is 1. The second kappa shape index (κ2) is 7.60. The largest absolute Gasteiger partial charge is 0.379 e. The number of nitrogens with one attached hydrogen (secondary N) is 1. The number of rotatable bonds is 3. The van der Waals surface area contributed by atoms with Gasteiger partial charge in [-0.3, -0.25) is 9.88 Å². The normalized spacial score (nSPS) is 21.3. The molecule has 138 valence electrons. The molecule has 2 amide bonds. The lowest BCUT2D eigenvalue weighted by molar-refractivity contribution is 0.0192. The Labute approximate surface area is 154 Å². The van der Waals surface area contributed by atoms with Crippen LogP contribution in [-0.2, 0) is 11.2 Å². The van der Waals surface area contributed by atoms with Crippen LogP contribution in [0.3, 0.4) is 0 Å². The van der Waals surface area contributed by atoms with Crippen LogP contribution in [-0.4, -0.2) is 66.2 Å². The number of anilines is 1. The maximum absolute atomic E-state index is 12.8. The average Bonchev–Trinajstić information content (AvgIpc) is 3.19. The Morgan fingerprint density at radius 1 is 1.27 bits per heavy atom. The molecule has 0 spiro atoms. The van der Waals surface area contributed by atoms with Crippen LogP contribution >= 0.6 is 0 Å². The molecule has 2 saturated heterocycles. The van der Waals surface area contributed by atoms with Gasteiger partial charge in [0.1, 0.15) is 0 Å². The van der Waals surface area contributed by atoms with Crippen LogP contribution in [0.25, 0.3) is 10.9 Å². The zero-order valence-electron chi connectivity index (χ0n) is 15.3. The van der Waals surface area contributed by atoms with Gasteiger partial charge in [0.15, 0.2) is 0 Å². The summed E-state index contributed by atoms with van der Waals surface area (Å²) in [5, 5.41) is 4.12. The summed E-state index contributed by atoms with van der Waals surface area (Å²) in [6, 6.07) is 10.4. The van der Waals surface area contributed by atoms with Gasteiger partial charge in [0.05, 0.1) is 24.4 Å². The molecule has 6 nitrogen and oxygen atoms in total. The number of ether oxygens (including phenoxy) is 1. The number of likely N-dealkylation sites (tertiary alicyclic amines) is 1. The van der Waals surface area contributed by atoms with E-state index in [0.717, 1.165) is 74.5 Å². The van der Waals surface area contributed by atoms with Gasteiger partial charge in [-0.25, -0.2) is 4.79 Å². The van der Waals surface area contributed by atoms with Gasteiger partial charge in [0.25, 0.3) is 0 Å². The Morgan fingerprint density at radius 3 is 2.88 bits per heavy atom. The highest BCUT2D eigenvalue weighted by molar-refractivity contribution is 6.00. The van der Waals surface area contributed by atoms with E-state index >= 15 is 0 Å². The Hall–Kier alpha value is -2.18. The first-order valence-electron chi connectivity index (χ1n) is 9.51. The lowest BCUT2D eigenvalue weighted by atomic mass is 10.1. The van der Waals surface area contributed by atoms with E-state index in [2.05, 4.69) is 22.1 Å². The minimum Gasteiger partial charge on any atom is -0.379 e. The molecule has 1 aromatic carbocycles. The summed E-state index contributed by atoms with van der Waals surface area (Å²) in [6.07, 6.45) is 1.88. The van der Waals surface area contributed by atoms with Crippen LogP contribution in [0.4, 0.5) is 10.5 Å². The van der Waals surface area contributed by atoms with Crippen LogP contribution < -0.4 is 5.32 Å². The second-order valence-corrected chi connectivity index (χ2v) is 7.00. The van der Waals surface area contributed by atoms with Gasteiger partial charge >= 0.3 is 6.03 Å². The quantitative estimate of drug-likeness (QED) is 0.921. The van der Waals surface area contributed by atoms with Gasteiger partial charge in [-0.15, -0.1) is 0 Å². The monoisotopic (exact) mass is 354 g/mol. The highest BCUT2D eigenvalue weighted by Gasteiger charge is 2.31. The summed E-state index contributed by atoms with van der Waals surface area (Å²) >= 11 is 0. The van der Waals surface area contributed by atoms with Gasteiger partial charge in [-0.1, -0.05) is 25.1 Å². The van der Waals surface area contributed by atoms with Crippen LogP contribution in [0.15, 0.2) is 30.3 Å². The highest BCUT2D eigenvalue weighted by Crippen LogP contribution is 2.25. The second-order valence-electron chi connectivity index (χ2n) is 7.00. The van der Waals surface area contributed by atoms with E-state index in [4.69, 9.17) is 4.74 Å². The van der Waals surface area contributed by atoms with Crippen molar-refractivity contribution >= 4 is 22.6 Å². The Kier molecular flexibility index (Phi) is 5.04. The smallest absolute Gasteiger partial charge is 0.321 e. The van der Waals surface area contributed by atoms with E-state index < -0.39 is 0 Å². The lowest BCUT2D eigenvalue weighted by Gasteiger charge is -2.32. The lowest BCUT2D eigenvalue weighted by Crippen LogP contribution is -2.45. The van der Waals surface area contributed by atoms with E-state index in [1.54, 1.807) is 0 Å². The Balaban J connectivity index is 1.47. The van der Waals surface area contributed by atoms with E-state index in [9.17, 15) is 4.79 Å². The minimum absolute atomic E-state index is 0.0147. The molecule has 4 rings (SSSR count). The third-order valence-corrected chi connectivity index (χ3v) is 5.39. The summed E-state index contributed by atoms with van der Waals surface area (Å²) in [5.74, 6) is 0. The van der Waals surface area contributed by atoms with Crippen molar-refractivity contribution in [2.24, 2.45) is 0 Å². The first-order valence-corrected chi connectivity index (χ1v) is 9.51. The van der Waals surface area contributed by atoms with Gasteiger partial charge < -0.3 is 15.0 Å². The third-order valence-electron chi connectivity index (χ3n) is 5.39. The van der Waals surface area contributed by atoms with Gasteiger partial charge in [-0.05, 0) is 25.0 Å². The number of benzene rings is 1. The van der Waals surface area contributed by atoms with Crippen LogP contribution in [0.1, 0.15) is 19.0 Å². The summed E-state index contributed by atoms with van der Waals surface area (Å²) in [5.41, 5.74) is 2.77. The first-order chi connectivity index (χ1) is 12.7. The number of hydrogen-bond acceptors (Lipinski definition) is 4. The van der Waals surface area contributed by atoms with Crippen molar-refractivity contribution in [3.63, 3.8) is 0 Å². The molecule has 3 heterocycles. The molecular formula is C20H26N4O2. The summed E-state index contributed by atoms with van der Waals surface area (Å²) in [4.78, 5) is 21.9. The summed E-state index contributed by atoms with van der Waals surface area (Å²) in [7, 11) is 0. The first kappa shape index (κ1) is 17.2. The molecule has 1 unspecified atom stereocenters.